The number of aromatic nitrogens is 2. The largest absolute Gasteiger partial charge is 0.481 e. The number of nitrogens with zero attached hydrogens (tertiary/aromatic N) is 2. The lowest BCUT2D eigenvalue weighted by atomic mass is 10.1. The molecular formula is C13H15N3O2. The molecule has 2 N–H and O–H groups in total. The van der Waals surface area contributed by atoms with E-state index in [1.165, 1.54) is 0 Å². The summed E-state index contributed by atoms with van der Waals surface area (Å²) in [4.78, 5) is 13.1. The van der Waals surface area contributed by atoms with Gasteiger partial charge in [0.05, 0.1) is 18.1 Å². The molecule has 2 aromatic rings. The zero-order valence-corrected chi connectivity index (χ0v) is 9.97. The fourth-order valence-corrected chi connectivity index (χ4v) is 2.70. The summed E-state index contributed by atoms with van der Waals surface area (Å²) in [5, 5.41) is 16.9. The molecule has 3 rings (SSSR count). The van der Waals surface area contributed by atoms with Crippen molar-refractivity contribution in [2.24, 2.45) is 0 Å². The van der Waals surface area contributed by atoms with Gasteiger partial charge in [-0.3, -0.25) is 9.89 Å². The number of rotatable bonds is 3. The number of anilines is 1. The van der Waals surface area contributed by atoms with E-state index in [-0.39, 0.29) is 12.5 Å². The first-order valence-electron chi connectivity index (χ1n) is 6.15. The van der Waals surface area contributed by atoms with Gasteiger partial charge < -0.3 is 10.0 Å². The monoisotopic (exact) mass is 245 g/mol. The van der Waals surface area contributed by atoms with Gasteiger partial charge in [-0.15, -0.1) is 0 Å². The number of nitrogens with one attached hydrogen (secondary N) is 1. The highest BCUT2D eigenvalue weighted by Crippen LogP contribution is 2.29. The van der Waals surface area contributed by atoms with Gasteiger partial charge in [0.1, 0.15) is 0 Å². The summed E-state index contributed by atoms with van der Waals surface area (Å²) >= 11 is 0. The van der Waals surface area contributed by atoms with Crippen molar-refractivity contribution in [2.75, 3.05) is 11.4 Å². The SMILES string of the molecule is O=C(O)CC1CCCN1c1ccc2[nH]ncc2c1. The van der Waals surface area contributed by atoms with Crippen LogP contribution in [0.1, 0.15) is 19.3 Å². The average molecular weight is 245 g/mol. The average Bonchev–Trinajstić information content (AvgIpc) is 2.95. The van der Waals surface area contributed by atoms with Gasteiger partial charge in [0.25, 0.3) is 0 Å². The highest BCUT2D eigenvalue weighted by atomic mass is 16.4. The highest BCUT2D eigenvalue weighted by Gasteiger charge is 2.26. The number of carbonyl (C=O) groups is 1. The molecule has 0 saturated carbocycles. The molecule has 1 atom stereocenters. The Morgan fingerprint density at radius 3 is 3.28 bits per heavy atom. The van der Waals surface area contributed by atoms with Crippen LogP contribution in [-0.4, -0.2) is 33.9 Å². The third-order valence-corrected chi connectivity index (χ3v) is 3.54. The molecule has 1 saturated heterocycles. The van der Waals surface area contributed by atoms with E-state index in [9.17, 15) is 4.79 Å². The summed E-state index contributed by atoms with van der Waals surface area (Å²) in [5.41, 5.74) is 2.10. The van der Waals surface area contributed by atoms with E-state index < -0.39 is 5.97 Å². The van der Waals surface area contributed by atoms with Crippen LogP contribution in [0.5, 0.6) is 0 Å². The third-order valence-electron chi connectivity index (χ3n) is 3.54. The number of carboxylic acid groups (broad SMARTS) is 1. The van der Waals surface area contributed by atoms with Crippen molar-refractivity contribution in [3.05, 3.63) is 24.4 Å². The maximum atomic E-state index is 10.9. The molecule has 1 aromatic heterocycles. The molecule has 0 spiro atoms. The van der Waals surface area contributed by atoms with E-state index in [0.29, 0.717) is 0 Å². The van der Waals surface area contributed by atoms with Crippen LogP contribution >= 0.6 is 0 Å². The Kier molecular flexibility index (Phi) is 2.66. The Hall–Kier alpha value is -2.04. The van der Waals surface area contributed by atoms with Gasteiger partial charge in [0, 0.05) is 23.7 Å². The molecule has 1 aliphatic heterocycles. The maximum absolute atomic E-state index is 10.9. The lowest BCUT2D eigenvalue weighted by Gasteiger charge is -2.25. The molecule has 5 nitrogen and oxygen atoms in total. The second kappa shape index (κ2) is 4.33. The van der Waals surface area contributed by atoms with Crippen LogP contribution in [0.4, 0.5) is 5.69 Å². The first-order chi connectivity index (χ1) is 8.74. The third kappa shape index (κ3) is 1.92. The number of fused-ring (bicyclic) bond motifs is 1. The normalized spacial score (nSPS) is 19.6. The van der Waals surface area contributed by atoms with Crippen LogP contribution in [0, 0.1) is 0 Å². The fourth-order valence-electron chi connectivity index (χ4n) is 2.70. The molecular weight excluding hydrogens is 230 g/mol. The molecule has 2 heterocycles. The fraction of sp³-hybridized carbons (Fsp3) is 0.385. The second-order valence-corrected chi connectivity index (χ2v) is 4.73. The van der Waals surface area contributed by atoms with Crippen LogP contribution < -0.4 is 4.90 Å². The molecule has 1 aliphatic rings. The summed E-state index contributed by atoms with van der Waals surface area (Å²) in [6.45, 7) is 0.932. The number of benzene rings is 1. The Morgan fingerprint density at radius 1 is 1.56 bits per heavy atom. The minimum atomic E-state index is -0.726. The first-order valence-corrected chi connectivity index (χ1v) is 6.15. The molecule has 0 bridgehead atoms. The minimum absolute atomic E-state index is 0.117. The lowest BCUT2D eigenvalue weighted by molar-refractivity contribution is -0.137. The van der Waals surface area contributed by atoms with Gasteiger partial charge in [-0.2, -0.15) is 5.10 Å². The minimum Gasteiger partial charge on any atom is -0.481 e. The topological polar surface area (TPSA) is 69.2 Å². The van der Waals surface area contributed by atoms with Gasteiger partial charge in [-0.1, -0.05) is 0 Å². The van der Waals surface area contributed by atoms with E-state index in [0.717, 1.165) is 36.0 Å². The van der Waals surface area contributed by atoms with Crippen LogP contribution in [0.2, 0.25) is 0 Å². The van der Waals surface area contributed by atoms with Crippen molar-refractivity contribution >= 4 is 22.6 Å². The summed E-state index contributed by atoms with van der Waals surface area (Å²) < 4.78 is 0. The number of H-pyrrole nitrogens is 1. The molecule has 1 unspecified atom stereocenters. The van der Waals surface area contributed by atoms with Crippen LogP contribution in [0.3, 0.4) is 0 Å². The standard InChI is InChI=1S/C13H15N3O2/c17-13(18)7-10-2-1-5-16(10)11-3-4-12-9(6-11)8-14-15-12/h3-4,6,8,10H,1-2,5,7H2,(H,14,15)(H,17,18). The molecule has 0 radical (unpaired) electrons. The van der Waals surface area contributed by atoms with Crippen LogP contribution in [-0.2, 0) is 4.79 Å². The van der Waals surface area contributed by atoms with Crippen molar-refractivity contribution in [1.29, 1.82) is 0 Å². The van der Waals surface area contributed by atoms with E-state index in [1.807, 2.05) is 12.1 Å². The Balaban J connectivity index is 1.90. The van der Waals surface area contributed by atoms with Crippen LogP contribution in [0.15, 0.2) is 24.4 Å². The first kappa shape index (κ1) is 11.1. The van der Waals surface area contributed by atoms with Gasteiger partial charge in [-0.05, 0) is 31.0 Å². The quantitative estimate of drug-likeness (QED) is 0.867. The number of aromatic amines is 1. The summed E-state index contributed by atoms with van der Waals surface area (Å²) in [5.74, 6) is -0.726. The van der Waals surface area contributed by atoms with Crippen molar-refractivity contribution in [1.82, 2.24) is 10.2 Å². The van der Waals surface area contributed by atoms with Gasteiger partial charge in [-0.25, -0.2) is 0 Å². The molecule has 1 aromatic carbocycles. The summed E-state index contributed by atoms with van der Waals surface area (Å²) in [6, 6.07) is 6.21. The Morgan fingerprint density at radius 2 is 2.44 bits per heavy atom. The molecule has 1 fully saturated rings. The summed E-state index contributed by atoms with van der Waals surface area (Å²) in [7, 11) is 0. The van der Waals surface area contributed by atoms with Crippen molar-refractivity contribution < 1.29 is 9.90 Å². The van der Waals surface area contributed by atoms with Crippen molar-refractivity contribution in [3.8, 4) is 0 Å². The molecule has 94 valence electrons. The van der Waals surface area contributed by atoms with Gasteiger partial charge >= 0.3 is 5.97 Å². The van der Waals surface area contributed by atoms with Crippen LogP contribution in [0.25, 0.3) is 10.9 Å². The Bertz CT molecular complexity index is 578. The molecule has 0 aliphatic carbocycles. The van der Waals surface area contributed by atoms with Crippen molar-refractivity contribution in [2.45, 2.75) is 25.3 Å². The second-order valence-electron chi connectivity index (χ2n) is 4.73. The van der Waals surface area contributed by atoms with E-state index >= 15 is 0 Å². The van der Waals surface area contributed by atoms with E-state index in [2.05, 4.69) is 21.2 Å². The van der Waals surface area contributed by atoms with E-state index in [4.69, 9.17) is 5.11 Å². The predicted octanol–water partition coefficient (Wildman–Crippen LogP) is 2.01. The maximum Gasteiger partial charge on any atom is 0.305 e. The Labute approximate surface area is 104 Å². The molecule has 18 heavy (non-hydrogen) atoms. The zero-order valence-electron chi connectivity index (χ0n) is 9.97. The number of hydrogen-bond donors (Lipinski definition) is 2. The van der Waals surface area contributed by atoms with Gasteiger partial charge in [0.15, 0.2) is 0 Å². The smallest absolute Gasteiger partial charge is 0.305 e. The summed E-state index contributed by atoms with van der Waals surface area (Å²) in [6.07, 6.45) is 4.02. The number of carboxylic acids is 1. The van der Waals surface area contributed by atoms with Crippen molar-refractivity contribution in [3.63, 3.8) is 0 Å². The predicted molar refractivity (Wildman–Crippen MR) is 68.7 cm³/mol. The number of hydrogen-bond acceptors (Lipinski definition) is 3. The zero-order chi connectivity index (χ0) is 12.5. The highest BCUT2D eigenvalue weighted by molar-refractivity contribution is 5.82. The van der Waals surface area contributed by atoms with Gasteiger partial charge in [0.2, 0.25) is 0 Å². The molecule has 5 heteroatoms. The molecule has 0 amide bonds. The lowest BCUT2D eigenvalue weighted by Crippen LogP contribution is -2.31. The number of aliphatic carboxylic acids is 1. The van der Waals surface area contributed by atoms with E-state index in [1.54, 1.807) is 6.20 Å².